The minimum absolute atomic E-state index is 0.0210. The highest BCUT2D eigenvalue weighted by atomic mass is 16.2. The molecule has 76 valence electrons. The number of anilines is 1. The number of nitrogens with one attached hydrogen (secondary N) is 2. The zero-order valence-corrected chi connectivity index (χ0v) is 7.92. The van der Waals surface area contributed by atoms with E-state index in [2.05, 4.69) is 15.5 Å². The Labute approximate surface area is 82.1 Å². The van der Waals surface area contributed by atoms with Gasteiger partial charge in [0.1, 0.15) is 0 Å². The molecule has 1 amide bonds. The van der Waals surface area contributed by atoms with Crippen molar-refractivity contribution in [3.63, 3.8) is 0 Å². The summed E-state index contributed by atoms with van der Waals surface area (Å²) in [7, 11) is 0. The van der Waals surface area contributed by atoms with E-state index in [9.17, 15) is 4.79 Å². The van der Waals surface area contributed by atoms with Gasteiger partial charge in [0, 0.05) is 12.7 Å². The third kappa shape index (κ3) is 1.39. The summed E-state index contributed by atoms with van der Waals surface area (Å²) in [5.74, 6) is 0.0210. The Hall–Kier alpha value is -1.36. The van der Waals surface area contributed by atoms with Crippen LogP contribution in [0.25, 0.3) is 0 Å². The largest absolute Gasteiger partial charge is 0.329 e. The molecule has 1 aliphatic carbocycles. The van der Waals surface area contributed by atoms with Crippen molar-refractivity contribution >= 4 is 11.6 Å². The van der Waals surface area contributed by atoms with Gasteiger partial charge in [-0.1, -0.05) is 6.42 Å². The summed E-state index contributed by atoms with van der Waals surface area (Å²) in [6.07, 6.45) is 6.12. The Bertz CT molecular complexity index is 310. The van der Waals surface area contributed by atoms with E-state index in [1.165, 1.54) is 0 Å². The van der Waals surface area contributed by atoms with Crippen LogP contribution >= 0.6 is 0 Å². The van der Waals surface area contributed by atoms with E-state index in [1.807, 2.05) is 0 Å². The first-order valence-electron chi connectivity index (χ1n) is 4.77. The summed E-state index contributed by atoms with van der Waals surface area (Å²) in [4.78, 5) is 11.8. The molecular weight excluding hydrogens is 180 g/mol. The van der Waals surface area contributed by atoms with E-state index in [0.717, 1.165) is 19.3 Å². The summed E-state index contributed by atoms with van der Waals surface area (Å²) in [5.41, 5.74) is 6.00. The predicted octanol–water partition coefficient (Wildman–Crippen LogP) is 0.477. The minimum Gasteiger partial charge on any atom is -0.329 e. The third-order valence-electron chi connectivity index (χ3n) is 2.94. The number of nitrogens with zero attached hydrogens (tertiary/aromatic N) is 1. The Balaban J connectivity index is 2.01. The Morgan fingerprint density at radius 2 is 2.50 bits per heavy atom. The van der Waals surface area contributed by atoms with Crippen LogP contribution in [0.3, 0.4) is 0 Å². The van der Waals surface area contributed by atoms with Crippen LogP contribution in [0, 0.1) is 5.41 Å². The van der Waals surface area contributed by atoms with Crippen LogP contribution in [0.5, 0.6) is 0 Å². The van der Waals surface area contributed by atoms with Gasteiger partial charge in [-0.25, -0.2) is 0 Å². The van der Waals surface area contributed by atoms with Crippen molar-refractivity contribution in [3.05, 3.63) is 12.4 Å². The fraction of sp³-hybridized carbons (Fsp3) is 0.556. The van der Waals surface area contributed by atoms with Crippen LogP contribution in [0.2, 0.25) is 0 Å². The maximum absolute atomic E-state index is 11.8. The number of carbonyl (C=O) groups is 1. The molecule has 5 heteroatoms. The van der Waals surface area contributed by atoms with Gasteiger partial charge in [0.05, 0.1) is 17.3 Å². The smallest absolute Gasteiger partial charge is 0.231 e. The number of amides is 1. The predicted molar refractivity (Wildman–Crippen MR) is 52.6 cm³/mol. The third-order valence-corrected chi connectivity index (χ3v) is 2.94. The molecule has 1 aromatic rings. The Morgan fingerprint density at radius 3 is 2.93 bits per heavy atom. The maximum Gasteiger partial charge on any atom is 0.231 e. The van der Waals surface area contributed by atoms with Gasteiger partial charge in [0.25, 0.3) is 0 Å². The molecule has 1 fully saturated rings. The number of nitrogens with two attached hydrogens (primary N) is 1. The number of carbonyl (C=O) groups excluding carboxylic acids is 1. The van der Waals surface area contributed by atoms with Crippen LogP contribution in [-0.2, 0) is 4.79 Å². The van der Waals surface area contributed by atoms with Crippen molar-refractivity contribution < 1.29 is 4.79 Å². The standard InChI is InChI=1S/C9H14N4O/c10-6-9(2-1-3-9)8(14)13-7-4-11-12-5-7/h4-5H,1-3,6,10H2,(H,11,12)(H,13,14). The molecule has 0 atom stereocenters. The Morgan fingerprint density at radius 1 is 1.71 bits per heavy atom. The molecule has 1 saturated carbocycles. The van der Waals surface area contributed by atoms with Crippen molar-refractivity contribution in [1.29, 1.82) is 0 Å². The molecule has 0 aliphatic heterocycles. The van der Waals surface area contributed by atoms with Gasteiger partial charge in [0.2, 0.25) is 5.91 Å². The first-order valence-corrected chi connectivity index (χ1v) is 4.77. The van der Waals surface area contributed by atoms with Gasteiger partial charge in [-0.3, -0.25) is 9.89 Å². The van der Waals surface area contributed by atoms with Gasteiger partial charge in [-0.2, -0.15) is 5.10 Å². The number of hydrogen-bond donors (Lipinski definition) is 3. The van der Waals surface area contributed by atoms with Gasteiger partial charge in [-0.15, -0.1) is 0 Å². The first kappa shape index (κ1) is 9.21. The van der Waals surface area contributed by atoms with Crippen LogP contribution in [0.15, 0.2) is 12.4 Å². The average Bonchev–Trinajstić information content (AvgIpc) is 2.55. The van der Waals surface area contributed by atoms with Crippen LogP contribution in [0.1, 0.15) is 19.3 Å². The lowest BCUT2D eigenvalue weighted by atomic mass is 9.68. The molecule has 0 spiro atoms. The molecule has 0 aromatic carbocycles. The van der Waals surface area contributed by atoms with E-state index in [0.29, 0.717) is 12.2 Å². The Kier molecular flexibility index (Phi) is 2.25. The van der Waals surface area contributed by atoms with E-state index in [-0.39, 0.29) is 11.3 Å². The molecule has 4 N–H and O–H groups in total. The number of hydrogen-bond acceptors (Lipinski definition) is 3. The molecule has 0 saturated heterocycles. The maximum atomic E-state index is 11.8. The lowest BCUT2D eigenvalue weighted by molar-refractivity contribution is -0.129. The summed E-state index contributed by atoms with van der Waals surface area (Å²) in [5, 5.41) is 9.20. The second-order valence-corrected chi connectivity index (χ2v) is 3.78. The zero-order chi connectivity index (χ0) is 10.0. The topological polar surface area (TPSA) is 83.8 Å². The fourth-order valence-electron chi connectivity index (χ4n) is 1.71. The van der Waals surface area contributed by atoms with Crippen LogP contribution in [-0.4, -0.2) is 22.6 Å². The van der Waals surface area contributed by atoms with E-state index < -0.39 is 0 Å². The van der Waals surface area contributed by atoms with Crippen molar-refractivity contribution in [3.8, 4) is 0 Å². The van der Waals surface area contributed by atoms with Gasteiger partial charge in [-0.05, 0) is 12.8 Å². The van der Waals surface area contributed by atoms with Crippen LogP contribution < -0.4 is 11.1 Å². The molecule has 0 radical (unpaired) electrons. The summed E-state index contributed by atoms with van der Waals surface area (Å²) >= 11 is 0. The molecule has 0 bridgehead atoms. The zero-order valence-electron chi connectivity index (χ0n) is 7.92. The molecule has 0 unspecified atom stereocenters. The molecule has 5 nitrogen and oxygen atoms in total. The average molecular weight is 194 g/mol. The van der Waals surface area contributed by atoms with Crippen molar-refractivity contribution in [2.75, 3.05) is 11.9 Å². The molecular formula is C9H14N4O. The van der Waals surface area contributed by atoms with E-state index in [1.54, 1.807) is 12.4 Å². The second-order valence-electron chi connectivity index (χ2n) is 3.78. The molecule has 14 heavy (non-hydrogen) atoms. The molecule has 1 aromatic heterocycles. The fourth-order valence-corrected chi connectivity index (χ4v) is 1.71. The summed E-state index contributed by atoms with van der Waals surface area (Å²) in [6.45, 7) is 0.427. The van der Waals surface area contributed by atoms with Gasteiger partial charge >= 0.3 is 0 Å². The highest BCUT2D eigenvalue weighted by Crippen LogP contribution is 2.40. The first-order chi connectivity index (χ1) is 6.77. The van der Waals surface area contributed by atoms with Crippen LogP contribution in [0.4, 0.5) is 5.69 Å². The number of rotatable bonds is 3. The van der Waals surface area contributed by atoms with E-state index in [4.69, 9.17) is 5.73 Å². The quantitative estimate of drug-likeness (QED) is 0.654. The van der Waals surface area contributed by atoms with Gasteiger partial charge < -0.3 is 11.1 Å². The highest BCUT2D eigenvalue weighted by molar-refractivity contribution is 5.95. The summed E-state index contributed by atoms with van der Waals surface area (Å²) < 4.78 is 0. The minimum atomic E-state index is -0.322. The molecule has 1 aliphatic rings. The number of aromatic amines is 1. The number of aromatic nitrogens is 2. The lowest BCUT2D eigenvalue weighted by Gasteiger charge is -2.38. The summed E-state index contributed by atoms with van der Waals surface area (Å²) in [6, 6.07) is 0. The highest BCUT2D eigenvalue weighted by Gasteiger charge is 2.42. The van der Waals surface area contributed by atoms with Crippen molar-refractivity contribution in [2.24, 2.45) is 11.1 Å². The van der Waals surface area contributed by atoms with Crippen molar-refractivity contribution in [1.82, 2.24) is 10.2 Å². The van der Waals surface area contributed by atoms with Crippen molar-refractivity contribution in [2.45, 2.75) is 19.3 Å². The number of H-pyrrole nitrogens is 1. The normalized spacial score (nSPS) is 18.6. The SMILES string of the molecule is NCC1(C(=O)Nc2cn[nH]c2)CCC1. The second kappa shape index (κ2) is 3.42. The van der Waals surface area contributed by atoms with Gasteiger partial charge in [0.15, 0.2) is 0 Å². The van der Waals surface area contributed by atoms with E-state index >= 15 is 0 Å². The molecule has 2 rings (SSSR count). The molecule has 1 heterocycles. The monoisotopic (exact) mass is 194 g/mol. The lowest BCUT2D eigenvalue weighted by Crippen LogP contribution is -2.47.